The molecule has 10 atom stereocenters. The summed E-state index contributed by atoms with van der Waals surface area (Å²) in [7, 11) is 0. The summed E-state index contributed by atoms with van der Waals surface area (Å²) >= 11 is 0. The zero-order chi connectivity index (χ0) is 26.7. The van der Waals surface area contributed by atoms with Gasteiger partial charge in [0.1, 0.15) is 18.2 Å². The van der Waals surface area contributed by atoms with Gasteiger partial charge < -0.3 is 19.1 Å². The fourth-order valence-corrected chi connectivity index (χ4v) is 11.3. The minimum atomic E-state index is -0.196. The van der Waals surface area contributed by atoms with Crippen LogP contribution in [0.4, 0.5) is 0 Å². The van der Waals surface area contributed by atoms with E-state index in [0.29, 0.717) is 35.8 Å². The van der Waals surface area contributed by atoms with E-state index >= 15 is 0 Å². The highest BCUT2D eigenvalue weighted by Gasteiger charge is 2.66. The molecule has 4 aliphatic carbocycles. The second-order valence-electron chi connectivity index (χ2n) is 14.6. The molecule has 0 aromatic carbocycles. The standard InChI is InChI=1S/C32H53N2O4/c1-5-14-34(15-6-7-16-34)28-20-26-24-9-8-23-19-29(38-22(2)35)27(33-12-17-37-18-13-33)21-32(23,4)25(24)10-11-31(26,3)30(28)36/h5,23-30,36H,1,6-21H2,2-4H3/q+1/t23-,24+,25-,26-,27-,28-,29-,30-,31-,32-/m0/s1. The number of rotatable bonds is 5. The Bertz CT molecular complexity index is 898. The van der Waals surface area contributed by atoms with Gasteiger partial charge in [-0.1, -0.05) is 20.4 Å². The Labute approximate surface area is 230 Å². The van der Waals surface area contributed by atoms with Gasteiger partial charge in [0.15, 0.2) is 0 Å². The second kappa shape index (κ2) is 10.2. The number of esters is 1. The Hall–Kier alpha value is -0.950. The first kappa shape index (κ1) is 27.2. The number of likely N-dealkylation sites (tertiary alicyclic amines) is 1. The van der Waals surface area contributed by atoms with Crippen LogP contribution in [0.1, 0.15) is 78.6 Å². The van der Waals surface area contributed by atoms with Gasteiger partial charge in [-0.05, 0) is 73.7 Å². The Morgan fingerprint density at radius 1 is 1.11 bits per heavy atom. The third-order valence-electron chi connectivity index (χ3n) is 13.1. The summed E-state index contributed by atoms with van der Waals surface area (Å²) in [5, 5.41) is 12.0. The quantitative estimate of drug-likeness (QED) is 0.325. The van der Waals surface area contributed by atoms with E-state index in [-0.39, 0.29) is 29.0 Å². The summed E-state index contributed by atoms with van der Waals surface area (Å²) < 4.78 is 12.8. The van der Waals surface area contributed by atoms with Crippen LogP contribution < -0.4 is 0 Å². The third-order valence-corrected chi connectivity index (χ3v) is 13.1. The molecule has 0 aromatic rings. The van der Waals surface area contributed by atoms with Crippen molar-refractivity contribution in [1.29, 1.82) is 0 Å². The molecule has 6 fully saturated rings. The summed E-state index contributed by atoms with van der Waals surface area (Å²) in [6.45, 7) is 17.6. The van der Waals surface area contributed by atoms with Crippen molar-refractivity contribution in [2.24, 2.45) is 34.5 Å². The Morgan fingerprint density at radius 3 is 2.53 bits per heavy atom. The molecule has 0 bridgehead atoms. The van der Waals surface area contributed by atoms with Gasteiger partial charge in [-0.25, -0.2) is 0 Å². The molecule has 0 amide bonds. The van der Waals surface area contributed by atoms with Crippen molar-refractivity contribution in [2.45, 2.75) is 103 Å². The first-order valence-corrected chi connectivity index (χ1v) is 15.9. The number of ether oxygens (including phenoxy) is 2. The Kier molecular flexibility index (Phi) is 7.27. The van der Waals surface area contributed by atoms with E-state index in [2.05, 4.69) is 31.4 Å². The van der Waals surface area contributed by atoms with Gasteiger partial charge in [0, 0.05) is 50.7 Å². The number of fused-ring (bicyclic) bond motifs is 5. The van der Waals surface area contributed by atoms with Crippen molar-refractivity contribution in [3.63, 3.8) is 0 Å². The van der Waals surface area contributed by atoms with Gasteiger partial charge in [0.05, 0.1) is 32.8 Å². The first-order valence-electron chi connectivity index (χ1n) is 15.9. The largest absolute Gasteiger partial charge is 0.461 e. The number of hydrogen-bond donors (Lipinski definition) is 1. The van der Waals surface area contributed by atoms with E-state index in [9.17, 15) is 9.90 Å². The maximum atomic E-state index is 12.1. The minimum absolute atomic E-state index is 0.00481. The normalized spacial score (nSPS) is 48.5. The monoisotopic (exact) mass is 529 g/mol. The first-order chi connectivity index (χ1) is 18.2. The highest BCUT2D eigenvalue weighted by molar-refractivity contribution is 5.66. The zero-order valence-electron chi connectivity index (χ0n) is 24.3. The summed E-state index contributed by atoms with van der Waals surface area (Å²) in [4.78, 5) is 14.7. The predicted octanol–water partition coefficient (Wildman–Crippen LogP) is 4.41. The van der Waals surface area contributed by atoms with E-state index in [4.69, 9.17) is 9.47 Å². The lowest BCUT2D eigenvalue weighted by Crippen LogP contribution is -2.61. The van der Waals surface area contributed by atoms with Gasteiger partial charge in [0.25, 0.3) is 0 Å². The van der Waals surface area contributed by atoms with Crippen LogP contribution in [-0.4, -0.2) is 90.7 Å². The van der Waals surface area contributed by atoms with Crippen LogP contribution in [0.25, 0.3) is 0 Å². The lowest BCUT2D eigenvalue weighted by atomic mass is 9.44. The Morgan fingerprint density at radius 2 is 1.84 bits per heavy atom. The number of hydrogen-bond acceptors (Lipinski definition) is 5. The molecule has 2 aliphatic heterocycles. The summed E-state index contributed by atoms with van der Waals surface area (Å²) in [5.74, 6) is 2.51. The van der Waals surface area contributed by atoms with Crippen LogP contribution in [0, 0.1) is 34.5 Å². The van der Waals surface area contributed by atoms with Crippen LogP contribution in [-0.2, 0) is 14.3 Å². The number of quaternary nitrogens is 1. The number of aliphatic hydroxyl groups is 1. The summed E-state index contributed by atoms with van der Waals surface area (Å²) in [6.07, 6.45) is 12.7. The minimum Gasteiger partial charge on any atom is -0.461 e. The molecular formula is C32H53N2O4+. The second-order valence-corrected chi connectivity index (χ2v) is 14.6. The third kappa shape index (κ3) is 4.23. The molecule has 6 rings (SSSR count). The molecule has 0 aromatic heterocycles. The molecule has 38 heavy (non-hydrogen) atoms. The van der Waals surface area contributed by atoms with Crippen molar-refractivity contribution in [2.75, 3.05) is 45.9 Å². The van der Waals surface area contributed by atoms with E-state index < -0.39 is 0 Å². The van der Waals surface area contributed by atoms with Crippen molar-refractivity contribution >= 4 is 5.97 Å². The van der Waals surface area contributed by atoms with Crippen LogP contribution >= 0.6 is 0 Å². The molecule has 0 radical (unpaired) electrons. The average Bonchev–Trinajstić information content (AvgIpc) is 3.47. The predicted molar refractivity (Wildman–Crippen MR) is 148 cm³/mol. The van der Waals surface area contributed by atoms with E-state index in [1.165, 1.54) is 51.6 Å². The number of morpholine rings is 1. The molecule has 0 spiro atoms. The van der Waals surface area contributed by atoms with Gasteiger partial charge >= 0.3 is 5.97 Å². The molecule has 4 saturated carbocycles. The molecule has 6 heteroatoms. The fraction of sp³-hybridized carbons (Fsp3) is 0.906. The van der Waals surface area contributed by atoms with Gasteiger partial charge in [-0.3, -0.25) is 9.69 Å². The van der Waals surface area contributed by atoms with Gasteiger partial charge in [-0.15, -0.1) is 0 Å². The molecule has 2 heterocycles. The maximum absolute atomic E-state index is 12.1. The van der Waals surface area contributed by atoms with Crippen molar-refractivity contribution in [1.82, 2.24) is 4.90 Å². The maximum Gasteiger partial charge on any atom is 0.302 e. The fourth-order valence-electron chi connectivity index (χ4n) is 11.3. The van der Waals surface area contributed by atoms with E-state index in [1.807, 2.05) is 0 Å². The topological polar surface area (TPSA) is 59.0 Å². The highest BCUT2D eigenvalue weighted by Crippen LogP contribution is 2.67. The molecule has 6 aliphatic rings. The summed E-state index contributed by atoms with van der Waals surface area (Å²) in [5.41, 5.74) is 0.316. The molecule has 214 valence electrons. The lowest BCUT2D eigenvalue weighted by Gasteiger charge is -2.62. The van der Waals surface area contributed by atoms with Crippen LogP contribution in [0.2, 0.25) is 0 Å². The van der Waals surface area contributed by atoms with Crippen molar-refractivity contribution in [3.8, 4) is 0 Å². The van der Waals surface area contributed by atoms with Crippen molar-refractivity contribution < 1.29 is 23.9 Å². The number of aliphatic hydroxyl groups excluding tert-OH is 1. The smallest absolute Gasteiger partial charge is 0.302 e. The number of carbonyl (C=O) groups is 1. The SMILES string of the molecule is C=CC[N+]1([C@H]2C[C@H]3[C@@H]4CC[C@H]5C[C@H](OC(C)=O)[C@@H](N6CCOCC6)C[C@]5(C)[C@H]4CC[C@]3(C)[C@H]2O)CCCC1. The molecule has 1 N–H and O–H groups in total. The number of carbonyl (C=O) groups excluding carboxylic acids is 1. The van der Waals surface area contributed by atoms with Gasteiger partial charge in [-0.2, -0.15) is 0 Å². The van der Waals surface area contributed by atoms with Gasteiger partial charge in [0.2, 0.25) is 0 Å². The Balaban J connectivity index is 1.27. The molecule has 2 saturated heterocycles. The van der Waals surface area contributed by atoms with Crippen LogP contribution in [0.5, 0.6) is 0 Å². The average molecular weight is 530 g/mol. The molecule has 6 nitrogen and oxygen atoms in total. The highest BCUT2D eigenvalue weighted by atomic mass is 16.5. The lowest BCUT2D eigenvalue weighted by molar-refractivity contribution is -0.938. The molecule has 0 unspecified atom stereocenters. The van der Waals surface area contributed by atoms with E-state index in [1.54, 1.807) is 6.92 Å². The van der Waals surface area contributed by atoms with Crippen molar-refractivity contribution in [3.05, 3.63) is 12.7 Å². The molecular weight excluding hydrogens is 476 g/mol. The summed E-state index contributed by atoms with van der Waals surface area (Å²) in [6, 6.07) is 0.666. The number of nitrogens with zero attached hydrogens (tertiary/aromatic N) is 2. The zero-order valence-corrected chi connectivity index (χ0v) is 24.3. The van der Waals surface area contributed by atoms with Crippen LogP contribution in [0.15, 0.2) is 12.7 Å². The van der Waals surface area contributed by atoms with E-state index in [0.717, 1.165) is 56.6 Å². The van der Waals surface area contributed by atoms with Crippen LogP contribution in [0.3, 0.4) is 0 Å².